The Balaban J connectivity index is 1.72. The molecule has 1 heterocycles. The van der Waals surface area contributed by atoms with Gasteiger partial charge < -0.3 is 10.4 Å². The van der Waals surface area contributed by atoms with Crippen molar-refractivity contribution in [3.63, 3.8) is 0 Å². The Kier molecular flexibility index (Phi) is 3.28. The van der Waals surface area contributed by atoms with E-state index in [0.29, 0.717) is 6.54 Å². The molecule has 6 nitrogen and oxygen atoms in total. The number of aromatic hydroxyl groups is 1. The number of hydrogen-bond donors (Lipinski definition) is 2. The highest BCUT2D eigenvalue weighted by Gasteiger charge is 2.00. The number of phenols is 1. The van der Waals surface area contributed by atoms with E-state index in [9.17, 15) is 5.11 Å². The highest BCUT2D eigenvalue weighted by Crippen LogP contribution is 2.15. The SMILES string of the molecule is Oc1ccc(CNc2cccc(-n3cnnn3)c2)cc1. The molecule has 0 unspecified atom stereocenters. The molecule has 0 aliphatic heterocycles. The van der Waals surface area contributed by atoms with Crippen LogP contribution in [0.1, 0.15) is 5.56 Å². The molecule has 0 radical (unpaired) electrons. The van der Waals surface area contributed by atoms with Crippen molar-refractivity contribution in [1.82, 2.24) is 20.2 Å². The van der Waals surface area contributed by atoms with Crippen molar-refractivity contribution in [2.24, 2.45) is 0 Å². The summed E-state index contributed by atoms with van der Waals surface area (Å²) in [6, 6.07) is 14.9. The van der Waals surface area contributed by atoms with Gasteiger partial charge in [-0.15, -0.1) is 5.10 Å². The Morgan fingerprint density at radius 1 is 1.10 bits per heavy atom. The predicted molar refractivity (Wildman–Crippen MR) is 74.6 cm³/mol. The molecular formula is C14H13N5O. The first-order valence-electron chi connectivity index (χ1n) is 6.16. The van der Waals surface area contributed by atoms with Crippen molar-refractivity contribution in [3.05, 3.63) is 60.4 Å². The van der Waals surface area contributed by atoms with Crippen LogP contribution in [0.5, 0.6) is 5.75 Å². The maximum Gasteiger partial charge on any atom is 0.143 e. The average Bonchev–Trinajstić information content (AvgIpc) is 3.01. The van der Waals surface area contributed by atoms with Crippen molar-refractivity contribution >= 4 is 5.69 Å². The second-order valence-electron chi connectivity index (χ2n) is 4.32. The fourth-order valence-corrected chi connectivity index (χ4v) is 1.86. The number of anilines is 1. The second kappa shape index (κ2) is 5.40. The predicted octanol–water partition coefficient (Wildman–Crippen LogP) is 1.98. The minimum Gasteiger partial charge on any atom is -0.508 e. The second-order valence-corrected chi connectivity index (χ2v) is 4.32. The quantitative estimate of drug-likeness (QED) is 0.756. The van der Waals surface area contributed by atoms with Crippen LogP contribution in [0.3, 0.4) is 0 Å². The summed E-state index contributed by atoms with van der Waals surface area (Å²) in [7, 11) is 0. The first-order chi connectivity index (χ1) is 9.81. The third-order valence-corrected chi connectivity index (χ3v) is 2.89. The van der Waals surface area contributed by atoms with Gasteiger partial charge in [-0.05, 0) is 46.3 Å². The lowest BCUT2D eigenvalue weighted by atomic mass is 10.2. The van der Waals surface area contributed by atoms with Crippen molar-refractivity contribution < 1.29 is 5.11 Å². The van der Waals surface area contributed by atoms with Crippen LogP contribution >= 0.6 is 0 Å². The molecule has 0 atom stereocenters. The number of hydrogen-bond acceptors (Lipinski definition) is 5. The molecule has 0 aliphatic rings. The Hall–Kier alpha value is -2.89. The van der Waals surface area contributed by atoms with Crippen molar-refractivity contribution in [2.75, 3.05) is 5.32 Å². The summed E-state index contributed by atoms with van der Waals surface area (Å²) in [5.74, 6) is 0.273. The lowest BCUT2D eigenvalue weighted by Gasteiger charge is -2.08. The van der Waals surface area contributed by atoms with Crippen LogP contribution in [-0.4, -0.2) is 25.3 Å². The molecule has 0 spiro atoms. The fourth-order valence-electron chi connectivity index (χ4n) is 1.86. The van der Waals surface area contributed by atoms with Crippen LogP contribution in [0.25, 0.3) is 5.69 Å². The van der Waals surface area contributed by atoms with Gasteiger partial charge in [0.25, 0.3) is 0 Å². The highest BCUT2D eigenvalue weighted by molar-refractivity contribution is 5.51. The zero-order valence-corrected chi connectivity index (χ0v) is 10.6. The molecule has 6 heteroatoms. The molecule has 1 aromatic heterocycles. The normalized spacial score (nSPS) is 10.4. The zero-order valence-electron chi connectivity index (χ0n) is 10.6. The number of rotatable bonds is 4. The lowest BCUT2D eigenvalue weighted by molar-refractivity contribution is 0.475. The van der Waals surface area contributed by atoms with E-state index in [1.165, 1.54) is 0 Å². The standard InChI is InChI=1S/C14H13N5O/c20-14-6-4-11(5-7-14)9-15-12-2-1-3-13(8-12)19-10-16-17-18-19/h1-8,10,15,20H,9H2. The molecule has 20 heavy (non-hydrogen) atoms. The molecule has 0 aliphatic carbocycles. The van der Waals surface area contributed by atoms with Crippen LogP contribution in [0.2, 0.25) is 0 Å². The Bertz CT molecular complexity index is 679. The van der Waals surface area contributed by atoms with Gasteiger partial charge >= 0.3 is 0 Å². The van der Waals surface area contributed by atoms with E-state index >= 15 is 0 Å². The Morgan fingerprint density at radius 3 is 2.70 bits per heavy atom. The number of phenolic OH excluding ortho intramolecular Hbond substituents is 1. The van der Waals surface area contributed by atoms with Crippen molar-refractivity contribution in [1.29, 1.82) is 0 Å². The molecule has 2 N–H and O–H groups in total. The summed E-state index contributed by atoms with van der Waals surface area (Å²) >= 11 is 0. The number of benzene rings is 2. The number of aromatic nitrogens is 4. The molecule has 0 saturated carbocycles. The van der Waals surface area contributed by atoms with Gasteiger partial charge in [0.1, 0.15) is 12.1 Å². The van der Waals surface area contributed by atoms with E-state index in [0.717, 1.165) is 16.9 Å². The Labute approximate surface area is 115 Å². The van der Waals surface area contributed by atoms with E-state index in [2.05, 4.69) is 20.8 Å². The van der Waals surface area contributed by atoms with Crippen molar-refractivity contribution in [2.45, 2.75) is 6.54 Å². The van der Waals surface area contributed by atoms with Gasteiger partial charge in [-0.3, -0.25) is 0 Å². The van der Waals surface area contributed by atoms with E-state index in [-0.39, 0.29) is 5.75 Å². The van der Waals surface area contributed by atoms with Gasteiger partial charge in [-0.1, -0.05) is 18.2 Å². The summed E-state index contributed by atoms with van der Waals surface area (Å²) in [6.07, 6.45) is 1.55. The maximum absolute atomic E-state index is 9.24. The molecule has 100 valence electrons. The summed E-state index contributed by atoms with van der Waals surface area (Å²) in [5.41, 5.74) is 2.97. The topological polar surface area (TPSA) is 75.9 Å². The summed E-state index contributed by atoms with van der Waals surface area (Å²) in [5, 5.41) is 23.7. The molecule has 0 saturated heterocycles. The average molecular weight is 267 g/mol. The van der Waals surface area contributed by atoms with Gasteiger partial charge in [0.05, 0.1) is 5.69 Å². The summed E-state index contributed by atoms with van der Waals surface area (Å²) in [6.45, 7) is 0.680. The molecule has 3 rings (SSSR count). The van der Waals surface area contributed by atoms with Gasteiger partial charge in [-0.25, -0.2) is 4.68 Å². The van der Waals surface area contributed by atoms with Crippen molar-refractivity contribution in [3.8, 4) is 11.4 Å². The van der Waals surface area contributed by atoms with Crippen LogP contribution < -0.4 is 5.32 Å². The largest absolute Gasteiger partial charge is 0.508 e. The minimum atomic E-state index is 0.273. The van der Waals surface area contributed by atoms with Crippen LogP contribution in [-0.2, 0) is 6.54 Å². The van der Waals surface area contributed by atoms with Gasteiger partial charge in [-0.2, -0.15) is 0 Å². The van der Waals surface area contributed by atoms with Gasteiger partial charge in [0, 0.05) is 12.2 Å². The molecule has 2 aromatic carbocycles. The molecule has 0 fully saturated rings. The van der Waals surface area contributed by atoms with E-state index in [4.69, 9.17) is 0 Å². The van der Waals surface area contributed by atoms with Crippen LogP contribution in [0.4, 0.5) is 5.69 Å². The monoisotopic (exact) mass is 267 g/mol. The summed E-state index contributed by atoms with van der Waals surface area (Å²) < 4.78 is 1.60. The number of tetrazole rings is 1. The molecule has 0 bridgehead atoms. The van der Waals surface area contributed by atoms with E-state index in [1.807, 2.05) is 36.4 Å². The third kappa shape index (κ3) is 2.74. The molecular weight excluding hydrogens is 254 g/mol. The highest BCUT2D eigenvalue weighted by atomic mass is 16.3. The van der Waals surface area contributed by atoms with Crippen LogP contribution in [0, 0.1) is 0 Å². The van der Waals surface area contributed by atoms with E-state index < -0.39 is 0 Å². The smallest absolute Gasteiger partial charge is 0.143 e. The van der Waals surface area contributed by atoms with Gasteiger partial charge in [0.15, 0.2) is 0 Å². The van der Waals surface area contributed by atoms with Crippen LogP contribution in [0.15, 0.2) is 54.9 Å². The fraction of sp³-hybridized carbons (Fsp3) is 0.0714. The van der Waals surface area contributed by atoms with Gasteiger partial charge in [0.2, 0.25) is 0 Å². The number of nitrogens with zero attached hydrogens (tertiary/aromatic N) is 4. The number of nitrogens with one attached hydrogen (secondary N) is 1. The first kappa shape index (κ1) is 12.2. The zero-order chi connectivity index (χ0) is 13.8. The lowest BCUT2D eigenvalue weighted by Crippen LogP contribution is -2.01. The molecule has 0 amide bonds. The van der Waals surface area contributed by atoms with E-state index in [1.54, 1.807) is 23.1 Å². The third-order valence-electron chi connectivity index (χ3n) is 2.89. The minimum absolute atomic E-state index is 0.273. The molecule has 3 aromatic rings. The first-order valence-corrected chi connectivity index (χ1v) is 6.16. The maximum atomic E-state index is 9.24. The Morgan fingerprint density at radius 2 is 1.95 bits per heavy atom. The summed E-state index contributed by atoms with van der Waals surface area (Å²) in [4.78, 5) is 0.